The van der Waals surface area contributed by atoms with Crippen LogP contribution >= 0.6 is 23.2 Å². The van der Waals surface area contributed by atoms with Crippen LogP contribution < -0.4 is 4.74 Å². The van der Waals surface area contributed by atoms with Crippen LogP contribution in [-0.4, -0.2) is 27.5 Å². The van der Waals surface area contributed by atoms with Crippen LogP contribution in [0.3, 0.4) is 0 Å². The van der Waals surface area contributed by atoms with Gasteiger partial charge in [0.2, 0.25) is 0 Å². The molecule has 0 spiro atoms. The van der Waals surface area contributed by atoms with E-state index < -0.39 is 17.7 Å². The number of rotatable bonds is 5. The largest absolute Gasteiger partial charge is 0.493 e. The van der Waals surface area contributed by atoms with Gasteiger partial charge in [0.1, 0.15) is 11.4 Å². The van der Waals surface area contributed by atoms with Gasteiger partial charge in [-0.05, 0) is 24.3 Å². The number of benzene rings is 2. The van der Waals surface area contributed by atoms with Crippen LogP contribution in [0, 0.1) is 0 Å². The van der Waals surface area contributed by atoms with Crippen molar-refractivity contribution in [1.82, 2.24) is 9.78 Å². The first-order valence-corrected chi connectivity index (χ1v) is 8.31. The van der Waals surface area contributed by atoms with Gasteiger partial charge in [-0.1, -0.05) is 23.2 Å². The first-order valence-electron chi connectivity index (χ1n) is 7.56. The summed E-state index contributed by atoms with van der Waals surface area (Å²) in [6.07, 6.45) is -3.25. The number of aromatic nitrogens is 2. The molecule has 1 N–H and O–H groups in total. The normalized spacial score (nSPS) is 11.7. The van der Waals surface area contributed by atoms with Crippen molar-refractivity contribution in [2.45, 2.75) is 12.6 Å². The Labute approximate surface area is 160 Å². The molecule has 0 saturated carbocycles. The lowest BCUT2D eigenvalue weighted by Gasteiger charge is -2.13. The number of hydrogen-bond acceptors (Lipinski definition) is 3. The van der Waals surface area contributed by atoms with Gasteiger partial charge in [0.25, 0.3) is 0 Å². The van der Waals surface area contributed by atoms with Gasteiger partial charge in [0, 0.05) is 11.5 Å². The molecule has 0 saturated heterocycles. The van der Waals surface area contributed by atoms with Crippen molar-refractivity contribution in [3.63, 3.8) is 0 Å². The zero-order valence-electron chi connectivity index (χ0n) is 13.4. The van der Waals surface area contributed by atoms with Crippen LogP contribution in [0.15, 0.2) is 36.5 Å². The van der Waals surface area contributed by atoms with E-state index in [2.05, 4.69) is 5.10 Å². The molecular weight excluding hydrogens is 408 g/mol. The Balaban J connectivity index is 2.03. The van der Waals surface area contributed by atoms with Crippen LogP contribution in [0.25, 0.3) is 16.6 Å². The summed E-state index contributed by atoms with van der Waals surface area (Å²) in [5.74, 6) is -0.617. The molecule has 27 heavy (non-hydrogen) atoms. The molecule has 0 atom stereocenters. The number of aliphatic carboxylic acids is 1. The van der Waals surface area contributed by atoms with E-state index in [1.807, 2.05) is 0 Å². The molecule has 5 nitrogen and oxygen atoms in total. The zero-order valence-corrected chi connectivity index (χ0v) is 14.9. The highest BCUT2D eigenvalue weighted by Gasteiger charge is 2.32. The second-order valence-electron chi connectivity index (χ2n) is 5.56. The summed E-state index contributed by atoms with van der Waals surface area (Å²) in [4.78, 5) is 10.6. The van der Waals surface area contributed by atoms with E-state index in [9.17, 15) is 18.0 Å². The van der Waals surface area contributed by atoms with Gasteiger partial charge in [0.05, 0.1) is 40.3 Å². The van der Waals surface area contributed by atoms with E-state index in [1.54, 1.807) is 18.2 Å². The maximum Gasteiger partial charge on any atom is 0.416 e. The number of fused-ring (bicyclic) bond motifs is 1. The molecule has 0 radical (unpaired) electrons. The lowest BCUT2D eigenvalue weighted by Crippen LogP contribution is -2.07. The number of carbonyl (C=O) groups is 1. The van der Waals surface area contributed by atoms with Crippen LogP contribution in [-0.2, 0) is 11.0 Å². The molecule has 0 unspecified atom stereocenters. The predicted molar refractivity (Wildman–Crippen MR) is 93.8 cm³/mol. The highest BCUT2D eigenvalue weighted by Crippen LogP contribution is 2.38. The fraction of sp³-hybridized carbons (Fsp3) is 0.176. The quantitative estimate of drug-likeness (QED) is 0.617. The number of carboxylic acids is 1. The first kappa shape index (κ1) is 19.3. The van der Waals surface area contributed by atoms with E-state index in [0.717, 1.165) is 12.1 Å². The maximum absolute atomic E-state index is 12.9. The molecular formula is C17H11Cl2F3N2O3. The van der Waals surface area contributed by atoms with Gasteiger partial charge in [-0.2, -0.15) is 18.3 Å². The van der Waals surface area contributed by atoms with Gasteiger partial charge < -0.3 is 9.84 Å². The highest BCUT2D eigenvalue weighted by atomic mass is 35.5. The average molecular weight is 419 g/mol. The van der Waals surface area contributed by atoms with Crippen LogP contribution in [0.4, 0.5) is 13.2 Å². The lowest BCUT2D eigenvalue weighted by atomic mass is 10.2. The summed E-state index contributed by atoms with van der Waals surface area (Å²) in [5, 5.41) is 13.1. The SMILES string of the molecule is O=C(O)CCOc1ccc2cnn(-c3c(Cl)cc(C(F)(F)F)cc3Cl)c2c1. The Hall–Kier alpha value is -2.45. The van der Waals surface area contributed by atoms with Crippen LogP contribution in [0.1, 0.15) is 12.0 Å². The van der Waals surface area contributed by atoms with Crippen LogP contribution in [0.5, 0.6) is 5.75 Å². The number of nitrogens with zero attached hydrogens (tertiary/aromatic N) is 2. The number of ether oxygens (including phenoxy) is 1. The second-order valence-corrected chi connectivity index (χ2v) is 6.37. The van der Waals surface area contributed by atoms with Crippen molar-refractivity contribution in [3.8, 4) is 11.4 Å². The number of halogens is 5. The summed E-state index contributed by atoms with van der Waals surface area (Å²) < 4.78 is 45.4. The standard InChI is InChI=1S/C17H11Cl2F3N2O3/c18-12-5-10(17(20,21)22)6-13(19)16(12)24-14-7-11(27-4-3-15(25)26)2-1-9(14)8-23-24/h1-2,5-8H,3-4H2,(H,25,26). The Kier molecular flexibility index (Phi) is 5.21. The van der Waals surface area contributed by atoms with Gasteiger partial charge in [-0.15, -0.1) is 0 Å². The molecule has 2 aromatic carbocycles. The van der Waals surface area contributed by atoms with E-state index in [4.69, 9.17) is 33.0 Å². The molecule has 0 aliphatic heterocycles. The highest BCUT2D eigenvalue weighted by molar-refractivity contribution is 6.38. The van der Waals surface area contributed by atoms with Gasteiger partial charge >= 0.3 is 12.1 Å². The molecule has 10 heteroatoms. The minimum atomic E-state index is -4.58. The smallest absolute Gasteiger partial charge is 0.416 e. The Morgan fingerprint density at radius 3 is 2.44 bits per heavy atom. The summed E-state index contributed by atoms with van der Waals surface area (Å²) >= 11 is 12.1. The number of alkyl halides is 3. The van der Waals surface area contributed by atoms with Crippen molar-refractivity contribution in [2.75, 3.05) is 6.61 Å². The molecule has 0 aliphatic rings. The molecule has 0 aliphatic carbocycles. The summed E-state index contributed by atoms with van der Waals surface area (Å²) in [5.41, 5.74) is -0.370. The molecule has 142 valence electrons. The predicted octanol–water partition coefficient (Wildman–Crippen LogP) is 5.20. The van der Waals surface area contributed by atoms with E-state index >= 15 is 0 Å². The third-order valence-electron chi connectivity index (χ3n) is 3.68. The molecule has 0 bridgehead atoms. The van der Waals surface area contributed by atoms with Crippen molar-refractivity contribution in [2.24, 2.45) is 0 Å². The maximum atomic E-state index is 12.9. The lowest BCUT2D eigenvalue weighted by molar-refractivity contribution is -0.138. The molecule has 0 fully saturated rings. The summed E-state index contributed by atoms with van der Waals surface area (Å²) in [6, 6.07) is 6.45. The Morgan fingerprint density at radius 2 is 1.85 bits per heavy atom. The minimum absolute atomic E-state index is 0.0310. The monoisotopic (exact) mass is 418 g/mol. The molecule has 3 rings (SSSR count). The summed E-state index contributed by atoms with van der Waals surface area (Å²) in [6.45, 7) is -0.0310. The van der Waals surface area contributed by atoms with Gasteiger partial charge in [-0.25, -0.2) is 4.68 Å². The molecule has 0 amide bonds. The topological polar surface area (TPSA) is 64.3 Å². The zero-order chi connectivity index (χ0) is 19.8. The van der Waals surface area contributed by atoms with Gasteiger partial charge in [0.15, 0.2) is 0 Å². The van der Waals surface area contributed by atoms with Crippen LogP contribution in [0.2, 0.25) is 10.0 Å². The molecule has 3 aromatic rings. The fourth-order valence-corrected chi connectivity index (χ4v) is 3.10. The van der Waals surface area contributed by atoms with Crippen molar-refractivity contribution in [3.05, 3.63) is 52.1 Å². The first-order chi connectivity index (χ1) is 12.7. The third kappa shape index (κ3) is 4.12. The molecule has 1 heterocycles. The second kappa shape index (κ2) is 7.28. The Morgan fingerprint density at radius 1 is 1.19 bits per heavy atom. The van der Waals surface area contributed by atoms with E-state index in [-0.39, 0.29) is 28.8 Å². The Bertz CT molecular complexity index is 995. The average Bonchev–Trinajstić information content (AvgIpc) is 2.96. The fourth-order valence-electron chi connectivity index (χ4n) is 2.45. The minimum Gasteiger partial charge on any atom is -0.493 e. The molecule has 1 aromatic heterocycles. The van der Waals surface area contributed by atoms with Crippen molar-refractivity contribution < 1.29 is 27.8 Å². The third-order valence-corrected chi connectivity index (χ3v) is 4.26. The van der Waals surface area contributed by atoms with E-state index in [0.29, 0.717) is 16.7 Å². The van der Waals surface area contributed by atoms with Crippen molar-refractivity contribution >= 4 is 40.1 Å². The summed E-state index contributed by atoms with van der Waals surface area (Å²) in [7, 11) is 0. The number of hydrogen-bond donors (Lipinski definition) is 1. The van der Waals surface area contributed by atoms with Crippen molar-refractivity contribution in [1.29, 1.82) is 0 Å². The number of carboxylic acid groups (broad SMARTS) is 1. The van der Waals surface area contributed by atoms with E-state index in [1.165, 1.54) is 10.9 Å². The van der Waals surface area contributed by atoms with Gasteiger partial charge in [-0.3, -0.25) is 4.79 Å².